The zero-order valence-electron chi connectivity index (χ0n) is 20.0. The van der Waals surface area contributed by atoms with E-state index >= 15 is 0 Å². The maximum Gasteiger partial charge on any atom is 0.281 e. The fraction of sp³-hybridized carbons (Fsp3) is 0.320. The zero-order valence-corrected chi connectivity index (χ0v) is 20.9. The van der Waals surface area contributed by atoms with Gasteiger partial charge in [0.15, 0.2) is 5.03 Å². The van der Waals surface area contributed by atoms with Gasteiger partial charge in [0.05, 0.1) is 11.3 Å². The monoisotopic (exact) mass is 497 g/mol. The first-order valence-corrected chi connectivity index (χ1v) is 12.7. The summed E-state index contributed by atoms with van der Waals surface area (Å²) in [7, 11) is -4.27. The standard InChI is InChI=1S/C25H28FN5O3S/c1-15-13-25(3,4)31(14-15)23-18(10-11-20(28-23)17-9-8-16(2)19(26)12-17)24(32)30-35(33,34)22-7-5-6-21(27)29-22/h5-12,15H,13-14H2,1-4H3,(H2,27,29)(H,30,32)/t15-/m0/s1. The number of pyridine rings is 2. The van der Waals surface area contributed by atoms with Crippen LogP contribution in [0.5, 0.6) is 0 Å². The number of sulfonamides is 1. The first-order chi connectivity index (χ1) is 16.4. The van der Waals surface area contributed by atoms with E-state index in [1.807, 2.05) is 18.7 Å². The number of nitrogens with two attached hydrogens (primary N) is 1. The van der Waals surface area contributed by atoms with Gasteiger partial charge in [-0.15, -0.1) is 0 Å². The summed E-state index contributed by atoms with van der Waals surface area (Å²) in [6, 6.07) is 12.1. The largest absolute Gasteiger partial charge is 0.384 e. The Morgan fingerprint density at radius 3 is 2.54 bits per heavy atom. The van der Waals surface area contributed by atoms with Crippen LogP contribution in [0.2, 0.25) is 0 Å². The lowest BCUT2D eigenvalue weighted by atomic mass is 9.97. The van der Waals surface area contributed by atoms with Crippen LogP contribution in [0.3, 0.4) is 0 Å². The molecule has 4 rings (SSSR count). The summed E-state index contributed by atoms with van der Waals surface area (Å²) in [5.74, 6) is -0.503. The van der Waals surface area contributed by atoms with Gasteiger partial charge in [-0.25, -0.2) is 19.1 Å². The van der Waals surface area contributed by atoms with Gasteiger partial charge < -0.3 is 10.6 Å². The first-order valence-electron chi connectivity index (χ1n) is 11.2. The molecule has 0 bridgehead atoms. The third-order valence-corrected chi connectivity index (χ3v) is 7.40. The minimum absolute atomic E-state index is 0.0187. The van der Waals surface area contributed by atoms with Crippen molar-refractivity contribution in [1.82, 2.24) is 14.7 Å². The fourth-order valence-corrected chi connectivity index (χ4v) is 5.46. The highest BCUT2D eigenvalue weighted by Gasteiger charge is 2.39. The van der Waals surface area contributed by atoms with E-state index in [1.54, 1.807) is 25.1 Å². The Kier molecular flexibility index (Phi) is 6.27. The number of hydrogen-bond donors (Lipinski definition) is 2. The molecule has 3 aromatic rings. The highest BCUT2D eigenvalue weighted by Crippen LogP contribution is 2.38. The van der Waals surface area contributed by atoms with E-state index in [0.29, 0.717) is 35.1 Å². The van der Waals surface area contributed by atoms with E-state index in [-0.39, 0.29) is 27.8 Å². The summed E-state index contributed by atoms with van der Waals surface area (Å²) in [6.45, 7) is 8.51. The van der Waals surface area contributed by atoms with Crippen molar-refractivity contribution in [2.75, 3.05) is 17.2 Å². The summed E-state index contributed by atoms with van der Waals surface area (Å²) in [5.41, 5.74) is 6.92. The molecule has 0 saturated carbocycles. The van der Waals surface area contributed by atoms with E-state index in [9.17, 15) is 17.6 Å². The molecule has 1 aliphatic rings. The molecule has 3 heterocycles. The van der Waals surface area contributed by atoms with Gasteiger partial charge in [-0.05, 0) is 69.0 Å². The van der Waals surface area contributed by atoms with Crippen LogP contribution in [0.15, 0.2) is 53.6 Å². The minimum atomic E-state index is -4.27. The van der Waals surface area contributed by atoms with E-state index in [4.69, 9.17) is 10.7 Å². The second-order valence-electron chi connectivity index (χ2n) is 9.60. The summed E-state index contributed by atoms with van der Waals surface area (Å²) in [4.78, 5) is 23.8. The van der Waals surface area contributed by atoms with Crippen LogP contribution in [0.25, 0.3) is 11.3 Å². The normalized spacial score (nSPS) is 17.4. The van der Waals surface area contributed by atoms with E-state index < -0.39 is 15.9 Å². The van der Waals surface area contributed by atoms with Gasteiger partial charge in [-0.1, -0.05) is 25.1 Å². The number of anilines is 2. The molecule has 1 atom stereocenters. The predicted octanol–water partition coefficient (Wildman–Crippen LogP) is 3.92. The number of nitrogen functional groups attached to an aromatic ring is 1. The highest BCUT2D eigenvalue weighted by molar-refractivity contribution is 7.90. The summed E-state index contributed by atoms with van der Waals surface area (Å²) in [5, 5.41) is -0.359. The van der Waals surface area contributed by atoms with E-state index in [0.717, 1.165) is 6.42 Å². The van der Waals surface area contributed by atoms with Gasteiger partial charge in [0, 0.05) is 17.6 Å². The first kappa shape index (κ1) is 24.6. The number of nitrogens with one attached hydrogen (secondary N) is 1. The van der Waals surface area contributed by atoms with Crippen molar-refractivity contribution >= 4 is 27.6 Å². The topological polar surface area (TPSA) is 118 Å². The van der Waals surface area contributed by atoms with Crippen LogP contribution >= 0.6 is 0 Å². The maximum absolute atomic E-state index is 14.2. The SMILES string of the molecule is Cc1ccc(-c2ccc(C(=O)NS(=O)(=O)c3cccc(N)n3)c(N3C[C@@H](C)CC3(C)C)n2)cc1F. The second kappa shape index (κ2) is 8.92. The molecule has 10 heteroatoms. The van der Waals surface area contributed by atoms with Gasteiger partial charge in [0.25, 0.3) is 15.9 Å². The van der Waals surface area contributed by atoms with Crippen LogP contribution in [-0.4, -0.2) is 36.4 Å². The average Bonchev–Trinajstić information content (AvgIpc) is 3.06. The molecular weight excluding hydrogens is 469 g/mol. The molecule has 8 nitrogen and oxygen atoms in total. The number of halogens is 1. The molecule has 0 unspecified atom stereocenters. The molecule has 184 valence electrons. The number of hydrogen-bond acceptors (Lipinski definition) is 7. The summed E-state index contributed by atoms with van der Waals surface area (Å²) in [6.07, 6.45) is 0.866. The van der Waals surface area contributed by atoms with Crippen LogP contribution in [0, 0.1) is 18.7 Å². The smallest absolute Gasteiger partial charge is 0.281 e. The number of amides is 1. The molecule has 1 aliphatic heterocycles. The quantitative estimate of drug-likeness (QED) is 0.548. The molecular formula is C25H28FN5O3S. The van der Waals surface area contributed by atoms with Crippen LogP contribution < -0.4 is 15.4 Å². The maximum atomic E-state index is 14.2. The number of nitrogens with zero attached hydrogens (tertiary/aromatic N) is 3. The van der Waals surface area contributed by atoms with Crippen molar-refractivity contribution in [3.05, 3.63) is 65.5 Å². The highest BCUT2D eigenvalue weighted by atomic mass is 32.2. The number of carbonyl (C=O) groups excluding carboxylic acids is 1. The molecule has 3 N–H and O–H groups in total. The third kappa shape index (κ3) is 4.97. The number of carbonyl (C=O) groups is 1. The van der Waals surface area contributed by atoms with Gasteiger partial charge >= 0.3 is 0 Å². The van der Waals surface area contributed by atoms with E-state index in [1.165, 1.54) is 30.3 Å². The Labute approximate surface area is 204 Å². The summed E-state index contributed by atoms with van der Waals surface area (Å²) < 4.78 is 41.9. The van der Waals surface area contributed by atoms with Crippen molar-refractivity contribution < 1.29 is 17.6 Å². The molecule has 0 aliphatic carbocycles. The molecule has 1 amide bonds. The van der Waals surface area contributed by atoms with Gasteiger partial charge in [-0.2, -0.15) is 8.42 Å². The Balaban J connectivity index is 1.78. The molecule has 2 aromatic heterocycles. The van der Waals surface area contributed by atoms with Crippen LogP contribution in [-0.2, 0) is 10.0 Å². The Bertz CT molecular complexity index is 1410. The lowest BCUT2D eigenvalue weighted by Crippen LogP contribution is -2.41. The van der Waals surface area contributed by atoms with Crippen molar-refractivity contribution in [3.8, 4) is 11.3 Å². The molecule has 35 heavy (non-hydrogen) atoms. The van der Waals surface area contributed by atoms with Crippen molar-refractivity contribution in [3.63, 3.8) is 0 Å². The molecule has 0 radical (unpaired) electrons. The number of benzene rings is 1. The number of rotatable bonds is 5. The van der Waals surface area contributed by atoms with Crippen molar-refractivity contribution in [2.24, 2.45) is 5.92 Å². The molecule has 0 spiro atoms. The summed E-state index contributed by atoms with van der Waals surface area (Å²) >= 11 is 0. The minimum Gasteiger partial charge on any atom is -0.384 e. The lowest BCUT2D eigenvalue weighted by molar-refractivity contribution is 0.0981. The second-order valence-corrected chi connectivity index (χ2v) is 11.2. The predicted molar refractivity (Wildman–Crippen MR) is 133 cm³/mol. The Morgan fingerprint density at radius 1 is 1.17 bits per heavy atom. The molecule has 1 aromatic carbocycles. The van der Waals surface area contributed by atoms with Gasteiger partial charge in [-0.3, -0.25) is 4.79 Å². The number of aromatic nitrogens is 2. The van der Waals surface area contributed by atoms with Crippen molar-refractivity contribution in [1.29, 1.82) is 0 Å². The van der Waals surface area contributed by atoms with Crippen molar-refractivity contribution in [2.45, 2.75) is 44.7 Å². The van der Waals surface area contributed by atoms with Gasteiger partial charge in [0.1, 0.15) is 17.5 Å². The Hall–Kier alpha value is -3.53. The van der Waals surface area contributed by atoms with Crippen LogP contribution in [0.4, 0.5) is 16.0 Å². The lowest BCUT2D eigenvalue weighted by Gasteiger charge is -2.34. The third-order valence-electron chi connectivity index (χ3n) is 6.16. The molecule has 1 fully saturated rings. The average molecular weight is 498 g/mol. The van der Waals surface area contributed by atoms with Gasteiger partial charge in [0.2, 0.25) is 0 Å². The fourth-order valence-electron chi connectivity index (χ4n) is 4.51. The number of aryl methyl sites for hydroxylation is 1. The zero-order chi connectivity index (χ0) is 25.5. The Morgan fingerprint density at radius 2 is 1.91 bits per heavy atom. The van der Waals surface area contributed by atoms with E-state index in [2.05, 4.69) is 16.6 Å². The van der Waals surface area contributed by atoms with Crippen LogP contribution in [0.1, 0.15) is 43.1 Å². The molecule has 1 saturated heterocycles.